The number of carbonyl (C=O) groups is 1. The van der Waals surface area contributed by atoms with Crippen LogP contribution >= 0.6 is 35.0 Å². The van der Waals surface area contributed by atoms with Crippen molar-refractivity contribution in [2.24, 2.45) is 5.92 Å². The Morgan fingerprint density at radius 3 is 2.72 bits per heavy atom. The van der Waals surface area contributed by atoms with E-state index in [-0.39, 0.29) is 18.3 Å². The maximum Gasteiger partial charge on any atom is 0.251 e. The van der Waals surface area contributed by atoms with E-state index in [4.69, 9.17) is 0 Å². The molecule has 100 valence electrons. The van der Waals surface area contributed by atoms with Crippen molar-refractivity contribution < 1.29 is 4.79 Å². The van der Waals surface area contributed by atoms with Crippen LogP contribution in [0.15, 0.2) is 24.3 Å². The van der Waals surface area contributed by atoms with Crippen LogP contribution in [-0.4, -0.2) is 25.5 Å². The van der Waals surface area contributed by atoms with E-state index in [0.29, 0.717) is 0 Å². The average Bonchev–Trinajstić information content (AvgIpc) is 2.83. The van der Waals surface area contributed by atoms with Gasteiger partial charge in [0.15, 0.2) is 0 Å². The number of halogens is 2. The Morgan fingerprint density at radius 2 is 2.11 bits per heavy atom. The standard InChI is InChI=1S/C13H17IN2O.ClH/c14-12-3-1-11(2-4-12)13(17)16-8-6-10-5-7-15-9-10;/h1-4,10,15H,5-9H2,(H,16,17);1H. The van der Waals surface area contributed by atoms with Gasteiger partial charge >= 0.3 is 0 Å². The topological polar surface area (TPSA) is 41.1 Å². The molecule has 0 bridgehead atoms. The Bertz CT molecular complexity index is 377. The van der Waals surface area contributed by atoms with Crippen LogP contribution in [0.5, 0.6) is 0 Å². The average molecular weight is 381 g/mol. The molecule has 1 aliphatic rings. The van der Waals surface area contributed by atoms with Crippen molar-refractivity contribution in [3.8, 4) is 0 Å². The summed E-state index contributed by atoms with van der Waals surface area (Å²) >= 11 is 2.24. The highest BCUT2D eigenvalue weighted by Gasteiger charge is 2.14. The van der Waals surface area contributed by atoms with Crippen LogP contribution in [0.3, 0.4) is 0 Å². The lowest BCUT2D eigenvalue weighted by Gasteiger charge is -2.09. The zero-order valence-electron chi connectivity index (χ0n) is 10.1. The summed E-state index contributed by atoms with van der Waals surface area (Å²) in [6, 6.07) is 7.65. The SMILES string of the molecule is Cl.O=C(NCCC1CCNC1)c1ccc(I)cc1. The van der Waals surface area contributed by atoms with Crippen molar-refractivity contribution in [3.63, 3.8) is 0 Å². The lowest BCUT2D eigenvalue weighted by molar-refractivity contribution is 0.0951. The molecule has 1 saturated heterocycles. The predicted molar refractivity (Wildman–Crippen MR) is 84.3 cm³/mol. The minimum Gasteiger partial charge on any atom is -0.352 e. The summed E-state index contributed by atoms with van der Waals surface area (Å²) in [5.41, 5.74) is 0.745. The summed E-state index contributed by atoms with van der Waals surface area (Å²) in [5, 5.41) is 6.31. The first-order valence-corrected chi connectivity index (χ1v) is 7.08. The van der Waals surface area contributed by atoms with Crippen LogP contribution in [0.1, 0.15) is 23.2 Å². The van der Waals surface area contributed by atoms with E-state index in [2.05, 4.69) is 33.2 Å². The van der Waals surface area contributed by atoms with E-state index in [1.165, 1.54) is 6.42 Å². The second-order valence-corrected chi connectivity index (χ2v) is 5.66. The zero-order valence-corrected chi connectivity index (χ0v) is 13.1. The van der Waals surface area contributed by atoms with Crippen molar-refractivity contribution in [1.82, 2.24) is 10.6 Å². The Balaban J connectivity index is 0.00000162. The Morgan fingerprint density at radius 1 is 1.39 bits per heavy atom. The lowest BCUT2D eigenvalue weighted by Crippen LogP contribution is -2.26. The third-order valence-electron chi connectivity index (χ3n) is 3.11. The molecule has 0 spiro atoms. The molecule has 18 heavy (non-hydrogen) atoms. The number of nitrogens with one attached hydrogen (secondary N) is 2. The third kappa shape index (κ3) is 4.74. The Hall–Kier alpha value is -0.330. The summed E-state index contributed by atoms with van der Waals surface area (Å²) in [7, 11) is 0. The van der Waals surface area contributed by atoms with E-state index in [1.807, 2.05) is 24.3 Å². The minimum atomic E-state index is 0. The van der Waals surface area contributed by atoms with E-state index in [1.54, 1.807) is 0 Å². The Labute approximate surface area is 128 Å². The molecule has 1 aromatic rings. The van der Waals surface area contributed by atoms with Gasteiger partial charge < -0.3 is 10.6 Å². The quantitative estimate of drug-likeness (QED) is 0.788. The molecule has 1 atom stereocenters. The molecule has 1 aliphatic heterocycles. The van der Waals surface area contributed by atoms with Crippen LogP contribution in [0, 0.1) is 9.49 Å². The number of rotatable bonds is 4. The highest BCUT2D eigenvalue weighted by Crippen LogP contribution is 2.11. The van der Waals surface area contributed by atoms with Gasteiger partial charge in [-0.3, -0.25) is 4.79 Å². The first-order chi connectivity index (χ1) is 8.25. The van der Waals surface area contributed by atoms with Gasteiger partial charge in [0.25, 0.3) is 5.91 Å². The molecule has 1 fully saturated rings. The van der Waals surface area contributed by atoms with Crippen molar-refractivity contribution in [2.75, 3.05) is 19.6 Å². The molecule has 1 unspecified atom stereocenters. The smallest absolute Gasteiger partial charge is 0.251 e. The molecular weight excluding hydrogens is 363 g/mol. The van der Waals surface area contributed by atoms with Gasteiger partial charge in [0.05, 0.1) is 0 Å². The van der Waals surface area contributed by atoms with Crippen LogP contribution in [0.4, 0.5) is 0 Å². The van der Waals surface area contributed by atoms with Crippen molar-refractivity contribution in [1.29, 1.82) is 0 Å². The van der Waals surface area contributed by atoms with Gasteiger partial charge in [0.2, 0.25) is 0 Å². The molecular formula is C13H18ClIN2O. The summed E-state index contributed by atoms with van der Waals surface area (Å²) in [4.78, 5) is 11.8. The van der Waals surface area contributed by atoms with Crippen molar-refractivity contribution >= 4 is 40.9 Å². The summed E-state index contributed by atoms with van der Waals surface area (Å²) in [6.45, 7) is 2.99. The maximum atomic E-state index is 11.8. The number of hydrogen-bond donors (Lipinski definition) is 2. The zero-order chi connectivity index (χ0) is 12.1. The minimum absolute atomic E-state index is 0. The highest BCUT2D eigenvalue weighted by molar-refractivity contribution is 14.1. The fourth-order valence-corrected chi connectivity index (χ4v) is 2.41. The van der Waals surface area contributed by atoms with Crippen LogP contribution in [-0.2, 0) is 0 Å². The molecule has 1 aromatic carbocycles. The molecule has 3 nitrogen and oxygen atoms in total. The van der Waals surface area contributed by atoms with Crippen LogP contribution < -0.4 is 10.6 Å². The predicted octanol–water partition coefficient (Wildman–Crippen LogP) is 2.44. The highest BCUT2D eigenvalue weighted by atomic mass is 127. The molecule has 2 N–H and O–H groups in total. The van der Waals surface area contributed by atoms with E-state index < -0.39 is 0 Å². The third-order valence-corrected chi connectivity index (χ3v) is 3.83. The molecule has 2 rings (SSSR count). The molecule has 0 radical (unpaired) electrons. The van der Waals surface area contributed by atoms with Crippen molar-refractivity contribution in [3.05, 3.63) is 33.4 Å². The number of hydrogen-bond acceptors (Lipinski definition) is 2. The molecule has 0 saturated carbocycles. The Kier molecular flexibility index (Phi) is 6.96. The van der Waals surface area contributed by atoms with Gasteiger partial charge in [-0.1, -0.05) is 0 Å². The van der Waals surface area contributed by atoms with Gasteiger partial charge in [-0.2, -0.15) is 0 Å². The molecule has 0 aliphatic carbocycles. The van der Waals surface area contributed by atoms with Gasteiger partial charge in [0, 0.05) is 15.7 Å². The first kappa shape index (κ1) is 15.7. The fraction of sp³-hybridized carbons (Fsp3) is 0.462. The second-order valence-electron chi connectivity index (χ2n) is 4.41. The lowest BCUT2D eigenvalue weighted by atomic mass is 10.1. The fourth-order valence-electron chi connectivity index (χ4n) is 2.05. The van der Waals surface area contributed by atoms with E-state index >= 15 is 0 Å². The molecule has 0 aromatic heterocycles. The van der Waals surface area contributed by atoms with Gasteiger partial charge in [0.1, 0.15) is 0 Å². The second kappa shape index (κ2) is 7.96. The normalized spacial score (nSPS) is 18.2. The van der Waals surface area contributed by atoms with Gasteiger partial charge in [-0.15, -0.1) is 12.4 Å². The van der Waals surface area contributed by atoms with Crippen LogP contribution in [0.2, 0.25) is 0 Å². The van der Waals surface area contributed by atoms with Gasteiger partial charge in [-0.25, -0.2) is 0 Å². The molecule has 1 heterocycles. The number of amides is 1. The molecule has 5 heteroatoms. The van der Waals surface area contributed by atoms with E-state index in [0.717, 1.165) is 41.1 Å². The summed E-state index contributed by atoms with van der Waals surface area (Å²) < 4.78 is 1.15. The first-order valence-electron chi connectivity index (χ1n) is 6.00. The molecule has 1 amide bonds. The van der Waals surface area contributed by atoms with Crippen molar-refractivity contribution in [2.45, 2.75) is 12.8 Å². The maximum absolute atomic E-state index is 11.8. The summed E-state index contributed by atoms with van der Waals surface area (Å²) in [6.07, 6.45) is 2.31. The number of carbonyl (C=O) groups excluding carboxylic acids is 1. The largest absolute Gasteiger partial charge is 0.352 e. The number of benzene rings is 1. The van der Waals surface area contributed by atoms with E-state index in [9.17, 15) is 4.79 Å². The summed E-state index contributed by atoms with van der Waals surface area (Å²) in [5.74, 6) is 0.763. The van der Waals surface area contributed by atoms with Crippen LogP contribution in [0.25, 0.3) is 0 Å². The monoisotopic (exact) mass is 380 g/mol. The van der Waals surface area contributed by atoms with Gasteiger partial charge in [-0.05, 0) is 78.7 Å².